The molecule has 0 saturated carbocycles. The van der Waals surface area contributed by atoms with Crippen LogP contribution in [0.3, 0.4) is 0 Å². The van der Waals surface area contributed by atoms with Crippen LogP contribution in [0.15, 0.2) is 11.6 Å². The normalized spacial score (nSPS) is 25.8. The van der Waals surface area contributed by atoms with Crippen molar-refractivity contribution in [2.45, 2.75) is 24.8 Å². The molecule has 76 valence electrons. The summed E-state index contributed by atoms with van der Waals surface area (Å²) < 4.78 is 25.3. The van der Waals surface area contributed by atoms with Crippen molar-refractivity contribution < 1.29 is 18.7 Å². The van der Waals surface area contributed by atoms with E-state index in [9.17, 15) is 13.6 Å². The Labute approximate surface area is 80.0 Å². The number of nitrogens with two attached hydrogens (primary N) is 1. The maximum Gasteiger partial charge on any atom is 0.331 e. The van der Waals surface area contributed by atoms with E-state index in [0.717, 1.165) is 6.08 Å². The van der Waals surface area contributed by atoms with Crippen LogP contribution < -0.4 is 5.73 Å². The molecule has 1 aliphatic carbocycles. The zero-order valence-corrected chi connectivity index (χ0v) is 7.48. The van der Waals surface area contributed by atoms with Crippen LogP contribution in [0, 0.1) is 0 Å². The number of carboxylic acids is 1. The van der Waals surface area contributed by atoms with Crippen molar-refractivity contribution >= 4 is 18.4 Å². The van der Waals surface area contributed by atoms with Gasteiger partial charge in [-0.15, -0.1) is 12.4 Å². The fourth-order valence-electron chi connectivity index (χ4n) is 1.07. The molecule has 0 fully saturated rings. The Morgan fingerprint density at radius 2 is 2.23 bits per heavy atom. The van der Waals surface area contributed by atoms with Gasteiger partial charge in [-0.25, -0.2) is 13.6 Å². The van der Waals surface area contributed by atoms with E-state index < -0.39 is 24.4 Å². The van der Waals surface area contributed by atoms with Crippen molar-refractivity contribution in [3.8, 4) is 0 Å². The first kappa shape index (κ1) is 12.3. The van der Waals surface area contributed by atoms with Crippen molar-refractivity contribution in [2.75, 3.05) is 0 Å². The third-order valence-corrected chi connectivity index (χ3v) is 1.87. The molecule has 3 N–H and O–H groups in total. The Morgan fingerprint density at radius 1 is 1.69 bits per heavy atom. The number of alkyl halides is 2. The third-order valence-electron chi connectivity index (χ3n) is 1.87. The second-order valence-corrected chi connectivity index (χ2v) is 2.78. The molecule has 0 spiro atoms. The van der Waals surface area contributed by atoms with Gasteiger partial charge in [0.05, 0.1) is 6.04 Å². The lowest BCUT2D eigenvalue weighted by molar-refractivity contribution is -0.133. The first-order valence-corrected chi connectivity index (χ1v) is 3.51. The minimum absolute atomic E-state index is 0. The molecule has 13 heavy (non-hydrogen) atoms. The van der Waals surface area contributed by atoms with Gasteiger partial charge in [0.1, 0.15) is 0 Å². The van der Waals surface area contributed by atoms with Gasteiger partial charge in [-0.3, -0.25) is 0 Å². The molecule has 0 amide bonds. The van der Waals surface area contributed by atoms with Crippen molar-refractivity contribution in [3.63, 3.8) is 0 Å². The number of carboxylic acid groups (broad SMARTS) is 1. The predicted octanol–water partition coefficient (Wildman–Crippen LogP) is 1.18. The van der Waals surface area contributed by atoms with Crippen LogP contribution in [-0.2, 0) is 4.79 Å². The maximum absolute atomic E-state index is 12.7. The smallest absolute Gasteiger partial charge is 0.331 e. The summed E-state index contributed by atoms with van der Waals surface area (Å²) in [6, 6.07) is -1.46. The summed E-state index contributed by atoms with van der Waals surface area (Å²) in [5.74, 6) is -4.13. The van der Waals surface area contributed by atoms with E-state index in [-0.39, 0.29) is 24.4 Å². The van der Waals surface area contributed by atoms with Gasteiger partial charge in [-0.05, 0) is 6.42 Å². The SMILES string of the molecule is Cl.NC1C=C(C(=O)O)CCC1(F)F. The highest BCUT2D eigenvalue weighted by molar-refractivity contribution is 5.87. The van der Waals surface area contributed by atoms with Crippen molar-refractivity contribution in [2.24, 2.45) is 5.73 Å². The quantitative estimate of drug-likeness (QED) is 0.688. The fraction of sp³-hybridized carbons (Fsp3) is 0.571. The zero-order chi connectivity index (χ0) is 9.35. The first-order chi connectivity index (χ1) is 5.43. The van der Waals surface area contributed by atoms with E-state index in [0.29, 0.717) is 0 Å². The molecule has 1 aliphatic rings. The Hall–Kier alpha value is -0.680. The number of hydrogen-bond acceptors (Lipinski definition) is 2. The number of halogens is 3. The van der Waals surface area contributed by atoms with E-state index in [1.54, 1.807) is 0 Å². The van der Waals surface area contributed by atoms with Gasteiger partial charge in [0, 0.05) is 12.0 Å². The average Bonchev–Trinajstić information content (AvgIpc) is 1.94. The summed E-state index contributed by atoms with van der Waals surface area (Å²) in [7, 11) is 0. The second kappa shape index (κ2) is 4.02. The van der Waals surface area contributed by atoms with Crippen LogP contribution in [-0.4, -0.2) is 23.0 Å². The van der Waals surface area contributed by atoms with E-state index in [4.69, 9.17) is 10.8 Å². The van der Waals surface area contributed by atoms with Crippen LogP contribution in [0.1, 0.15) is 12.8 Å². The highest BCUT2D eigenvalue weighted by atomic mass is 35.5. The lowest BCUT2D eigenvalue weighted by atomic mass is 9.93. The van der Waals surface area contributed by atoms with Gasteiger partial charge < -0.3 is 10.8 Å². The molecular formula is C7H10ClF2NO2. The molecule has 0 aromatic rings. The molecule has 0 aromatic carbocycles. The van der Waals surface area contributed by atoms with E-state index >= 15 is 0 Å². The van der Waals surface area contributed by atoms with Crippen LogP contribution in [0.4, 0.5) is 8.78 Å². The molecular weight excluding hydrogens is 204 g/mol. The predicted molar refractivity (Wildman–Crippen MR) is 45.1 cm³/mol. The van der Waals surface area contributed by atoms with E-state index in [2.05, 4.69) is 0 Å². The zero-order valence-electron chi connectivity index (χ0n) is 6.67. The number of hydrogen-bond donors (Lipinski definition) is 2. The molecule has 6 heteroatoms. The molecule has 0 aliphatic heterocycles. The van der Waals surface area contributed by atoms with Crippen molar-refractivity contribution in [1.29, 1.82) is 0 Å². The second-order valence-electron chi connectivity index (χ2n) is 2.78. The number of carbonyl (C=O) groups is 1. The lowest BCUT2D eigenvalue weighted by Crippen LogP contribution is -2.42. The molecule has 1 unspecified atom stereocenters. The standard InChI is InChI=1S/C7H9F2NO2.ClH/c8-7(9)2-1-4(6(11)12)3-5(7)10;/h3,5H,1-2,10H2,(H,11,12);1H. The molecule has 3 nitrogen and oxygen atoms in total. The van der Waals surface area contributed by atoms with Crippen molar-refractivity contribution in [3.05, 3.63) is 11.6 Å². The van der Waals surface area contributed by atoms with E-state index in [1.807, 2.05) is 0 Å². The van der Waals surface area contributed by atoms with Gasteiger partial charge in [-0.1, -0.05) is 6.08 Å². The summed E-state index contributed by atoms with van der Waals surface area (Å²) in [6.07, 6.45) is 0.328. The molecule has 1 atom stereocenters. The largest absolute Gasteiger partial charge is 0.478 e. The molecule has 1 rings (SSSR count). The Bertz CT molecular complexity index is 243. The lowest BCUT2D eigenvalue weighted by Gasteiger charge is -2.25. The summed E-state index contributed by atoms with van der Waals surface area (Å²) in [5, 5.41) is 8.46. The number of aliphatic carboxylic acids is 1. The van der Waals surface area contributed by atoms with Gasteiger partial charge in [-0.2, -0.15) is 0 Å². The van der Waals surface area contributed by atoms with Gasteiger partial charge in [0.15, 0.2) is 0 Å². The first-order valence-electron chi connectivity index (χ1n) is 3.51. The summed E-state index contributed by atoms with van der Waals surface area (Å²) in [6.45, 7) is 0. The van der Waals surface area contributed by atoms with Gasteiger partial charge in [0.25, 0.3) is 5.92 Å². The van der Waals surface area contributed by atoms with Crippen LogP contribution in [0.2, 0.25) is 0 Å². The maximum atomic E-state index is 12.7. The summed E-state index contributed by atoms with van der Waals surface area (Å²) >= 11 is 0. The molecule has 0 bridgehead atoms. The molecule has 0 aromatic heterocycles. The highest BCUT2D eigenvalue weighted by Gasteiger charge is 2.39. The number of rotatable bonds is 1. The van der Waals surface area contributed by atoms with Gasteiger partial charge >= 0.3 is 5.97 Å². The summed E-state index contributed by atoms with van der Waals surface area (Å²) in [4.78, 5) is 10.3. The highest BCUT2D eigenvalue weighted by Crippen LogP contribution is 2.31. The Morgan fingerprint density at radius 3 is 2.62 bits per heavy atom. The Balaban J connectivity index is 0.00000144. The summed E-state index contributed by atoms with van der Waals surface area (Å²) in [5.41, 5.74) is 5.03. The monoisotopic (exact) mass is 213 g/mol. The minimum Gasteiger partial charge on any atom is -0.478 e. The topological polar surface area (TPSA) is 63.3 Å². The average molecular weight is 214 g/mol. The van der Waals surface area contributed by atoms with Crippen molar-refractivity contribution in [1.82, 2.24) is 0 Å². The van der Waals surface area contributed by atoms with E-state index in [1.165, 1.54) is 0 Å². The third kappa shape index (κ3) is 2.63. The van der Waals surface area contributed by atoms with Crippen LogP contribution >= 0.6 is 12.4 Å². The molecule has 0 saturated heterocycles. The van der Waals surface area contributed by atoms with Gasteiger partial charge in [0.2, 0.25) is 0 Å². The minimum atomic E-state index is -2.96. The molecule has 0 heterocycles. The van der Waals surface area contributed by atoms with Crippen LogP contribution in [0.25, 0.3) is 0 Å². The Kier molecular flexibility index (Phi) is 3.81. The van der Waals surface area contributed by atoms with Crippen LogP contribution in [0.5, 0.6) is 0 Å². The fourth-order valence-corrected chi connectivity index (χ4v) is 1.07. The molecule has 0 radical (unpaired) electrons.